The van der Waals surface area contributed by atoms with Gasteiger partial charge in [-0.2, -0.15) is 0 Å². The van der Waals surface area contributed by atoms with Crippen molar-refractivity contribution in [3.63, 3.8) is 0 Å². The van der Waals surface area contributed by atoms with Crippen molar-refractivity contribution < 1.29 is 14.3 Å². The van der Waals surface area contributed by atoms with Crippen LogP contribution in [0.15, 0.2) is 42.0 Å². The van der Waals surface area contributed by atoms with E-state index >= 15 is 0 Å². The number of Topliss-reactive ketones (excluding diaryl/α,β-unsaturated/α-hetero) is 1. The predicted octanol–water partition coefficient (Wildman–Crippen LogP) is 4.54. The summed E-state index contributed by atoms with van der Waals surface area (Å²) in [5.41, 5.74) is 1.70. The number of esters is 1. The normalized spacial score (nSPS) is 21.7. The Morgan fingerprint density at radius 3 is 2.54 bits per heavy atom. The SMILES string of the molecule is CCOC(=O)C1(C(=O)C(C)N(CC2=CCCC(C)C2)Cc2ccccc2)CC1. The quantitative estimate of drug-likeness (QED) is 0.357. The van der Waals surface area contributed by atoms with Crippen LogP contribution in [0, 0.1) is 11.3 Å². The molecule has 152 valence electrons. The smallest absolute Gasteiger partial charge is 0.319 e. The maximum Gasteiger partial charge on any atom is 0.319 e. The van der Waals surface area contributed by atoms with Crippen molar-refractivity contribution in [1.82, 2.24) is 4.90 Å². The van der Waals surface area contributed by atoms with E-state index in [2.05, 4.69) is 30.0 Å². The maximum absolute atomic E-state index is 13.3. The van der Waals surface area contributed by atoms with E-state index < -0.39 is 5.41 Å². The lowest BCUT2D eigenvalue weighted by Gasteiger charge is -2.32. The molecule has 0 aromatic heterocycles. The molecule has 0 aliphatic heterocycles. The average Bonchev–Trinajstić information content (AvgIpc) is 3.49. The Morgan fingerprint density at radius 2 is 1.93 bits per heavy atom. The third kappa shape index (κ3) is 4.72. The van der Waals surface area contributed by atoms with Gasteiger partial charge in [0.05, 0.1) is 12.6 Å². The highest BCUT2D eigenvalue weighted by Gasteiger charge is 2.59. The van der Waals surface area contributed by atoms with Gasteiger partial charge in [0.15, 0.2) is 5.78 Å². The molecule has 1 fully saturated rings. The molecule has 3 rings (SSSR count). The van der Waals surface area contributed by atoms with Gasteiger partial charge >= 0.3 is 5.97 Å². The van der Waals surface area contributed by atoms with Crippen LogP contribution in [-0.4, -0.2) is 35.8 Å². The minimum Gasteiger partial charge on any atom is -0.465 e. The van der Waals surface area contributed by atoms with E-state index in [0.29, 0.717) is 31.9 Å². The molecule has 0 heterocycles. The third-order valence-corrected chi connectivity index (χ3v) is 6.15. The molecule has 0 amide bonds. The number of rotatable bonds is 9. The topological polar surface area (TPSA) is 46.6 Å². The van der Waals surface area contributed by atoms with Crippen molar-refractivity contribution in [3.05, 3.63) is 47.5 Å². The molecule has 0 N–H and O–H groups in total. The zero-order valence-corrected chi connectivity index (χ0v) is 17.4. The lowest BCUT2D eigenvalue weighted by Crippen LogP contribution is -2.45. The zero-order chi connectivity index (χ0) is 20.1. The van der Waals surface area contributed by atoms with Gasteiger partial charge in [-0.05, 0) is 57.4 Å². The number of ketones is 1. The number of carbonyl (C=O) groups excluding carboxylic acids is 2. The molecule has 2 aliphatic rings. The number of allylic oxidation sites excluding steroid dienone is 1. The molecule has 0 bridgehead atoms. The summed E-state index contributed by atoms with van der Waals surface area (Å²) in [7, 11) is 0. The van der Waals surface area contributed by atoms with Gasteiger partial charge in [-0.25, -0.2) is 0 Å². The number of hydrogen-bond acceptors (Lipinski definition) is 4. The minimum atomic E-state index is -0.904. The standard InChI is InChI=1S/C24H33NO3/c1-4-28-23(27)24(13-14-24)22(26)19(3)25(16-20-10-6-5-7-11-20)17-21-12-8-9-18(2)15-21/h5-7,10-12,18-19H,4,8-9,13-17H2,1-3H3. The van der Waals surface area contributed by atoms with E-state index in [1.165, 1.54) is 17.6 Å². The van der Waals surface area contributed by atoms with Crippen molar-refractivity contribution >= 4 is 11.8 Å². The highest BCUT2D eigenvalue weighted by molar-refractivity contribution is 6.08. The molecule has 2 aliphatic carbocycles. The monoisotopic (exact) mass is 383 g/mol. The highest BCUT2D eigenvalue weighted by atomic mass is 16.5. The molecule has 1 saturated carbocycles. The number of ether oxygens (including phenoxy) is 1. The average molecular weight is 384 g/mol. The van der Waals surface area contributed by atoms with Crippen molar-refractivity contribution in [3.8, 4) is 0 Å². The fraction of sp³-hybridized carbons (Fsp3) is 0.583. The molecule has 2 unspecified atom stereocenters. The summed E-state index contributed by atoms with van der Waals surface area (Å²) in [5.74, 6) is 0.377. The van der Waals surface area contributed by atoms with Gasteiger partial charge in [-0.15, -0.1) is 0 Å². The number of nitrogens with zero attached hydrogens (tertiary/aromatic N) is 1. The molecule has 0 radical (unpaired) electrons. The van der Waals surface area contributed by atoms with Crippen LogP contribution in [0.5, 0.6) is 0 Å². The summed E-state index contributed by atoms with van der Waals surface area (Å²) in [6.45, 7) is 7.85. The Hall–Kier alpha value is -1.94. The van der Waals surface area contributed by atoms with Crippen LogP contribution in [-0.2, 0) is 20.9 Å². The lowest BCUT2D eigenvalue weighted by molar-refractivity contribution is -0.155. The number of hydrogen-bond donors (Lipinski definition) is 0. The Kier molecular flexibility index (Phi) is 6.71. The van der Waals surface area contributed by atoms with Crippen molar-refractivity contribution in [2.75, 3.05) is 13.2 Å². The molecule has 28 heavy (non-hydrogen) atoms. The van der Waals surface area contributed by atoms with E-state index in [0.717, 1.165) is 19.4 Å². The van der Waals surface area contributed by atoms with Gasteiger partial charge < -0.3 is 4.74 Å². The molecule has 1 aromatic rings. The Bertz CT molecular complexity index is 721. The summed E-state index contributed by atoms with van der Waals surface area (Å²) >= 11 is 0. The first-order valence-electron chi connectivity index (χ1n) is 10.6. The number of carbonyl (C=O) groups is 2. The summed E-state index contributed by atoms with van der Waals surface area (Å²) in [4.78, 5) is 28.0. The summed E-state index contributed by atoms with van der Waals surface area (Å²) < 4.78 is 5.21. The predicted molar refractivity (Wildman–Crippen MR) is 111 cm³/mol. The molecule has 0 saturated heterocycles. The van der Waals surface area contributed by atoms with Crippen LogP contribution < -0.4 is 0 Å². The van der Waals surface area contributed by atoms with E-state index in [9.17, 15) is 9.59 Å². The van der Waals surface area contributed by atoms with Crippen LogP contribution in [0.3, 0.4) is 0 Å². The van der Waals surface area contributed by atoms with Gasteiger partial charge in [-0.1, -0.05) is 48.9 Å². The van der Waals surface area contributed by atoms with E-state index in [-0.39, 0.29) is 17.8 Å². The van der Waals surface area contributed by atoms with Crippen molar-refractivity contribution in [1.29, 1.82) is 0 Å². The highest BCUT2D eigenvalue weighted by Crippen LogP contribution is 2.49. The van der Waals surface area contributed by atoms with Gasteiger partial charge in [0, 0.05) is 13.1 Å². The number of benzene rings is 1. The molecule has 4 heteroatoms. The second-order valence-corrected chi connectivity index (χ2v) is 8.48. The van der Waals surface area contributed by atoms with E-state index in [4.69, 9.17) is 4.74 Å². The van der Waals surface area contributed by atoms with Crippen molar-refractivity contribution in [2.45, 2.75) is 65.5 Å². The van der Waals surface area contributed by atoms with Crippen LogP contribution in [0.25, 0.3) is 0 Å². The summed E-state index contributed by atoms with van der Waals surface area (Å²) in [6, 6.07) is 9.95. The summed E-state index contributed by atoms with van der Waals surface area (Å²) in [6.07, 6.45) is 7.03. The van der Waals surface area contributed by atoms with Crippen LogP contribution in [0.4, 0.5) is 0 Å². The van der Waals surface area contributed by atoms with Gasteiger partial charge in [0.2, 0.25) is 0 Å². The first-order valence-corrected chi connectivity index (χ1v) is 10.6. The fourth-order valence-electron chi connectivity index (χ4n) is 4.25. The first-order chi connectivity index (χ1) is 13.5. The minimum absolute atomic E-state index is 0.0198. The molecular formula is C24H33NO3. The Labute approximate surface area is 168 Å². The van der Waals surface area contributed by atoms with Gasteiger partial charge in [-0.3, -0.25) is 14.5 Å². The second-order valence-electron chi connectivity index (χ2n) is 8.48. The van der Waals surface area contributed by atoms with Crippen molar-refractivity contribution in [2.24, 2.45) is 11.3 Å². The first kappa shape index (κ1) is 20.8. The third-order valence-electron chi connectivity index (χ3n) is 6.15. The van der Waals surface area contributed by atoms with Gasteiger partial charge in [0.1, 0.15) is 5.41 Å². The molecule has 0 spiro atoms. The Morgan fingerprint density at radius 1 is 1.21 bits per heavy atom. The molecule has 2 atom stereocenters. The largest absolute Gasteiger partial charge is 0.465 e. The fourth-order valence-corrected chi connectivity index (χ4v) is 4.25. The molecule has 1 aromatic carbocycles. The Balaban J connectivity index is 1.78. The van der Waals surface area contributed by atoms with Gasteiger partial charge in [0.25, 0.3) is 0 Å². The molecule has 4 nitrogen and oxygen atoms in total. The van der Waals surface area contributed by atoms with Crippen LogP contribution in [0.1, 0.15) is 58.4 Å². The summed E-state index contributed by atoms with van der Waals surface area (Å²) in [5, 5.41) is 0. The van der Waals surface area contributed by atoms with E-state index in [1.54, 1.807) is 6.92 Å². The van der Waals surface area contributed by atoms with E-state index in [1.807, 2.05) is 25.1 Å². The second kappa shape index (κ2) is 9.04. The van der Waals surface area contributed by atoms with Crippen LogP contribution in [0.2, 0.25) is 0 Å². The zero-order valence-electron chi connectivity index (χ0n) is 17.4. The maximum atomic E-state index is 13.3. The van der Waals surface area contributed by atoms with Crippen LogP contribution >= 0.6 is 0 Å². The lowest BCUT2D eigenvalue weighted by atomic mass is 9.89. The molecular weight excluding hydrogens is 350 g/mol.